The number of methoxy groups -OCH3 is 1. The van der Waals surface area contributed by atoms with Crippen molar-refractivity contribution in [3.63, 3.8) is 0 Å². The lowest BCUT2D eigenvalue weighted by atomic mass is 10.2. The van der Waals surface area contributed by atoms with E-state index in [0.29, 0.717) is 19.0 Å². The average molecular weight is 348 g/mol. The van der Waals surface area contributed by atoms with E-state index < -0.39 is 0 Å². The lowest BCUT2D eigenvalue weighted by Gasteiger charge is -2.12. The van der Waals surface area contributed by atoms with Crippen molar-refractivity contribution in [2.45, 2.75) is 30.6 Å². The van der Waals surface area contributed by atoms with Crippen LogP contribution < -0.4 is 10.1 Å². The first-order chi connectivity index (χ1) is 11.7. The first-order valence-electron chi connectivity index (χ1n) is 7.75. The number of aromatic nitrogens is 3. The molecule has 24 heavy (non-hydrogen) atoms. The van der Waals surface area contributed by atoms with E-state index in [9.17, 15) is 4.79 Å². The molecule has 1 amide bonds. The maximum Gasteiger partial charge on any atom is 0.249 e. The van der Waals surface area contributed by atoms with Crippen LogP contribution in [0.4, 0.5) is 0 Å². The predicted octanol–water partition coefficient (Wildman–Crippen LogP) is 1.79. The van der Waals surface area contributed by atoms with E-state index in [1.165, 1.54) is 11.8 Å². The fourth-order valence-electron chi connectivity index (χ4n) is 2.60. The molecule has 7 nitrogen and oxygen atoms in total. The number of nitrogens with one attached hydrogen (secondary N) is 1. The highest BCUT2D eigenvalue weighted by Gasteiger charge is 2.24. The number of nitrogens with zero attached hydrogens (tertiary/aromatic N) is 3. The molecule has 1 aliphatic rings. The van der Waals surface area contributed by atoms with Crippen molar-refractivity contribution in [1.29, 1.82) is 0 Å². The zero-order chi connectivity index (χ0) is 16.9. The molecule has 0 bridgehead atoms. The van der Waals surface area contributed by atoms with Crippen LogP contribution in [0.15, 0.2) is 29.4 Å². The van der Waals surface area contributed by atoms with Gasteiger partial charge < -0.3 is 14.8 Å². The van der Waals surface area contributed by atoms with Gasteiger partial charge in [-0.25, -0.2) is 0 Å². The molecule has 1 unspecified atom stereocenters. The Morgan fingerprint density at radius 2 is 2.21 bits per heavy atom. The third-order valence-electron chi connectivity index (χ3n) is 3.86. The van der Waals surface area contributed by atoms with E-state index in [4.69, 9.17) is 9.47 Å². The maximum absolute atomic E-state index is 12.1. The molecule has 1 atom stereocenters. The van der Waals surface area contributed by atoms with Gasteiger partial charge >= 0.3 is 0 Å². The summed E-state index contributed by atoms with van der Waals surface area (Å²) in [5.41, 5.74) is 0.923. The van der Waals surface area contributed by atoms with E-state index >= 15 is 0 Å². The lowest BCUT2D eigenvalue weighted by Crippen LogP contribution is -2.34. The monoisotopic (exact) mass is 348 g/mol. The topological polar surface area (TPSA) is 78.3 Å². The second-order valence-corrected chi connectivity index (χ2v) is 6.13. The summed E-state index contributed by atoms with van der Waals surface area (Å²) in [5, 5.41) is 12.1. The minimum Gasteiger partial charge on any atom is -0.497 e. The molecule has 0 radical (unpaired) electrons. The molecule has 2 heterocycles. The van der Waals surface area contributed by atoms with Crippen molar-refractivity contribution in [2.24, 2.45) is 0 Å². The van der Waals surface area contributed by atoms with Crippen molar-refractivity contribution in [3.05, 3.63) is 30.1 Å². The highest BCUT2D eigenvalue weighted by atomic mass is 32.2. The Hall–Kier alpha value is -2.06. The Morgan fingerprint density at radius 3 is 2.83 bits per heavy atom. The summed E-state index contributed by atoms with van der Waals surface area (Å²) >= 11 is 1.50. The molecule has 1 N–H and O–H groups in total. The Balaban J connectivity index is 1.77. The van der Waals surface area contributed by atoms with Crippen LogP contribution in [0.25, 0.3) is 5.69 Å². The van der Waals surface area contributed by atoms with Gasteiger partial charge in [0.1, 0.15) is 11.9 Å². The third kappa shape index (κ3) is 3.54. The summed E-state index contributed by atoms with van der Waals surface area (Å²) in [6.45, 7) is 0.953. The van der Waals surface area contributed by atoms with Gasteiger partial charge in [0, 0.05) is 12.3 Å². The minimum absolute atomic E-state index is 0.0949. The highest BCUT2D eigenvalue weighted by molar-refractivity contribution is 7.98. The number of hydrogen-bond acceptors (Lipinski definition) is 6. The second kappa shape index (κ2) is 7.67. The van der Waals surface area contributed by atoms with Gasteiger partial charge in [-0.15, -0.1) is 10.2 Å². The summed E-state index contributed by atoms with van der Waals surface area (Å²) < 4.78 is 12.5. The summed E-state index contributed by atoms with van der Waals surface area (Å²) in [4.78, 5) is 12.1. The van der Waals surface area contributed by atoms with E-state index in [0.717, 1.165) is 29.4 Å². The fraction of sp³-hybridized carbons (Fsp3) is 0.438. The SMILES string of the molecule is COc1ccc(-n2c(CNC(=O)C3CCCO3)nnc2SC)cc1. The second-order valence-electron chi connectivity index (χ2n) is 5.36. The number of carbonyl (C=O) groups excluding carboxylic acids is 1. The van der Waals surface area contributed by atoms with Gasteiger partial charge in [0.2, 0.25) is 5.91 Å². The molecule has 0 spiro atoms. The van der Waals surface area contributed by atoms with Gasteiger partial charge in [-0.1, -0.05) is 11.8 Å². The molecule has 1 aromatic carbocycles. The van der Waals surface area contributed by atoms with Crippen LogP contribution in [0.2, 0.25) is 0 Å². The van der Waals surface area contributed by atoms with Crippen LogP contribution in [0.5, 0.6) is 5.75 Å². The van der Waals surface area contributed by atoms with Crippen molar-refractivity contribution in [2.75, 3.05) is 20.0 Å². The lowest BCUT2D eigenvalue weighted by molar-refractivity contribution is -0.130. The van der Waals surface area contributed by atoms with Gasteiger partial charge in [0.05, 0.1) is 13.7 Å². The van der Waals surface area contributed by atoms with Gasteiger partial charge in [-0.05, 0) is 43.4 Å². The standard InChI is InChI=1S/C16H20N4O3S/c1-22-12-7-5-11(6-8-12)20-14(18-19-16(20)24-2)10-17-15(21)13-4-3-9-23-13/h5-8,13H,3-4,9-10H2,1-2H3,(H,17,21). The van der Waals surface area contributed by atoms with Gasteiger partial charge in [-0.2, -0.15) is 0 Å². The molecule has 1 aliphatic heterocycles. The molecule has 2 aromatic rings. The van der Waals surface area contributed by atoms with Crippen LogP contribution in [0.3, 0.4) is 0 Å². The number of benzene rings is 1. The first kappa shape index (κ1) is 16.8. The number of amides is 1. The van der Waals surface area contributed by atoms with Crippen LogP contribution in [0.1, 0.15) is 18.7 Å². The van der Waals surface area contributed by atoms with Crippen molar-refractivity contribution >= 4 is 17.7 Å². The van der Waals surface area contributed by atoms with Gasteiger partial charge in [-0.3, -0.25) is 9.36 Å². The summed E-state index contributed by atoms with van der Waals surface area (Å²) in [6.07, 6.45) is 3.30. The molecule has 3 rings (SSSR count). The van der Waals surface area contributed by atoms with Crippen molar-refractivity contribution in [3.8, 4) is 11.4 Å². The molecule has 8 heteroatoms. The normalized spacial score (nSPS) is 17.0. The fourth-order valence-corrected chi connectivity index (χ4v) is 3.12. The summed E-state index contributed by atoms with van der Waals surface area (Å²) in [5.74, 6) is 1.36. The number of hydrogen-bond donors (Lipinski definition) is 1. The molecular weight excluding hydrogens is 328 g/mol. The first-order valence-corrected chi connectivity index (χ1v) is 8.97. The molecule has 0 saturated carbocycles. The number of thioether (sulfide) groups is 1. The van der Waals surface area contributed by atoms with Crippen molar-refractivity contribution in [1.82, 2.24) is 20.1 Å². The van der Waals surface area contributed by atoms with Crippen LogP contribution in [0, 0.1) is 0 Å². The quantitative estimate of drug-likeness (QED) is 0.802. The molecule has 1 saturated heterocycles. The largest absolute Gasteiger partial charge is 0.497 e. The number of ether oxygens (including phenoxy) is 2. The summed E-state index contributed by atoms with van der Waals surface area (Å²) in [7, 11) is 1.63. The third-order valence-corrected chi connectivity index (χ3v) is 4.49. The highest BCUT2D eigenvalue weighted by Crippen LogP contribution is 2.22. The average Bonchev–Trinajstić information content (AvgIpc) is 3.29. The smallest absolute Gasteiger partial charge is 0.249 e. The van der Waals surface area contributed by atoms with E-state index in [1.807, 2.05) is 35.1 Å². The molecule has 1 fully saturated rings. The molecule has 0 aliphatic carbocycles. The molecule has 1 aromatic heterocycles. The molecule has 128 valence electrons. The van der Waals surface area contributed by atoms with Gasteiger partial charge in [0.25, 0.3) is 0 Å². The van der Waals surface area contributed by atoms with Gasteiger partial charge in [0.15, 0.2) is 11.0 Å². The Kier molecular flexibility index (Phi) is 5.37. The number of carbonyl (C=O) groups is 1. The predicted molar refractivity (Wildman–Crippen MR) is 90.5 cm³/mol. The van der Waals surface area contributed by atoms with E-state index in [-0.39, 0.29) is 12.0 Å². The van der Waals surface area contributed by atoms with E-state index in [1.54, 1.807) is 7.11 Å². The molecular formula is C16H20N4O3S. The van der Waals surface area contributed by atoms with Crippen LogP contribution >= 0.6 is 11.8 Å². The van der Waals surface area contributed by atoms with E-state index in [2.05, 4.69) is 15.5 Å². The van der Waals surface area contributed by atoms with Crippen LogP contribution in [-0.2, 0) is 16.1 Å². The van der Waals surface area contributed by atoms with Crippen LogP contribution in [-0.4, -0.2) is 46.7 Å². The zero-order valence-corrected chi connectivity index (χ0v) is 14.5. The Labute approximate surface area is 144 Å². The van der Waals surface area contributed by atoms with Crippen molar-refractivity contribution < 1.29 is 14.3 Å². The zero-order valence-electron chi connectivity index (χ0n) is 13.7. The minimum atomic E-state index is -0.345. The Morgan fingerprint density at radius 1 is 1.42 bits per heavy atom. The summed E-state index contributed by atoms with van der Waals surface area (Å²) in [6, 6.07) is 7.64. The maximum atomic E-state index is 12.1. The Bertz CT molecular complexity index is 696. The number of rotatable bonds is 6.